The van der Waals surface area contributed by atoms with Crippen LogP contribution in [0.3, 0.4) is 0 Å². The van der Waals surface area contributed by atoms with Crippen LogP contribution in [0, 0.1) is 10.1 Å². The number of carbonyl (C=O) groups is 1. The van der Waals surface area contributed by atoms with E-state index in [1.165, 1.54) is 21.1 Å². The summed E-state index contributed by atoms with van der Waals surface area (Å²) in [6.07, 6.45) is 0.343. The van der Waals surface area contributed by atoms with Gasteiger partial charge in [-0.2, -0.15) is 0 Å². The van der Waals surface area contributed by atoms with Gasteiger partial charge in [-0.3, -0.25) is 14.9 Å². The Morgan fingerprint density at radius 2 is 2.05 bits per heavy atom. The first-order valence-corrected chi connectivity index (χ1v) is 5.64. The van der Waals surface area contributed by atoms with Crippen molar-refractivity contribution >= 4 is 11.6 Å². The molecule has 1 aromatic rings. The number of nitro benzene ring substituents is 1. The van der Waals surface area contributed by atoms with Crippen molar-refractivity contribution in [1.29, 1.82) is 0 Å². The molecule has 0 aromatic heterocycles. The molecule has 7 nitrogen and oxygen atoms in total. The van der Waals surface area contributed by atoms with Crippen molar-refractivity contribution in [3.63, 3.8) is 0 Å². The summed E-state index contributed by atoms with van der Waals surface area (Å²) < 4.78 is 10.1. The fraction of sp³-hybridized carbons (Fsp3) is 0.417. The van der Waals surface area contributed by atoms with Crippen molar-refractivity contribution in [2.24, 2.45) is 0 Å². The third-order valence-electron chi connectivity index (χ3n) is 2.55. The first-order chi connectivity index (χ1) is 9.01. The SMILES string of the molecule is COc1ccc(CCNC(C)=O)c([N+](=O)[O-])c1OC. The molecule has 1 N–H and O–H groups in total. The molecule has 0 heterocycles. The minimum Gasteiger partial charge on any atom is -0.493 e. The lowest BCUT2D eigenvalue weighted by atomic mass is 10.1. The summed E-state index contributed by atoms with van der Waals surface area (Å²) in [5, 5.41) is 13.7. The number of nitrogens with one attached hydrogen (secondary N) is 1. The van der Waals surface area contributed by atoms with Gasteiger partial charge in [-0.25, -0.2) is 0 Å². The number of hydrogen-bond donors (Lipinski definition) is 1. The smallest absolute Gasteiger partial charge is 0.318 e. The molecule has 104 valence electrons. The second-order valence-corrected chi connectivity index (χ2v) is 3.80. The molecule has 0 spiro atoms. The van der Waals surface area contributed by atoms with Crippen LogP contribution >= 0.6 is 0 Å². The van der Waals surface area contributed by atoms with E-state index in [0.29, 0.717) is 24.3 Å². The van der Waals surface area contributed by atoms with Gasteiger partial charge in [0.1, 0.15) is 0 Å². The molecular formula is C12H16N2O5. The number of benzene rings is 1. The average molecular weight is 268 g/mol. The molecule has 1 amide bonds. The van der Waals surface area contributed by atoms with Crippen LogP contribution < -0.4 is 14.8 Å². The number of hydrogen-bond acceptors (Lipinski definition) is 5. The number of rotatable bonds is 6. The molecule has 0 fully saturated rings. The monoisotopic (exact) mass is 268 g/mol. The van der Waals surface area contributed by atoms with Crippen LogP contribution in [0.4, 0.5) is 5.69 Å². The summed E-state index contributed by atoms with van der Waals surface area (Å²) in [4.78, 5) is 21.4. The Morgan fingerprint density at radius 3 is 2.53 bits per heavy atom. The van der Waals surface area contributed by atoms with Gasteiger partial charge in [0.05, 0.1) is 19.1 Å². The van der Waals surface area contributed by atoms with Crippen LogP contribution in [0.25, 0.3) is 0 Å². The molecule has 0 atom stereocenters. The van der Waals surface area contributed by atoms with Crippen LogP contribution in [0.5, 0.6) is 11.5 Å². The van der Waals surface area contributed by atoms with Gasteiger partial charge < -0.3 is 14.8 Å². The van der Waals surface area contributed by atoms with Crippen molar-refractivity contribution in [2.75, 3.05) is 20.8 Å². The highest BCUT2D eigenvalue weighted by molar-refractivity contribution is 5.72. The Labute approximate surface area is 110 Å². The number of ether oxygens (including phenoxy) is 2. The van der Waals surface area contributed by atoms with Crippen molar-refractivity contribution in [3.05, 3.63) is 27.8 Å². The lowest BCUT2D eigenvalue weighted by molar-refractivity contribution is -0.386. The molecule has 0 aliphatic heterocycles. The van der Waals surface area contributed by atoms with Gasteiger partial charge in [0, 0.05) is 19.0 Å². The summed E-state index contributed by atoms with van der Waals surface area (Å²) in [6.45, 7) is 1.72. The van der Waals surface area contributed by atoms with E-state index >= 15 is 0 Å². The highest BCUT2D eigenvalue weighted by atomic mass is 16.6. The zero-order valence-electron chi connectivity index (χ0n) is 11.1. The predicted molar refractivity (Wildman–Crippen MR) is 68.6 cm³/mol. The molecular weight excluding hydrogens is 252 g/mol. The van der Waals surface area contributed by atoms with Crippen LogP contribution in [0.2, 0.25) is 0 Å². The first-order valence-electron chi connectivity index (χ1n) is 5.64. The summed E-state index contributed by atoms with van der Waals surface area (Å²) in [6, 6.07) is 3.20. The Morgan fingerprint density at radius 1 is 1.37 bits per heavy atom. The van der Waals surface area contributed by atoms with E-state index in [9.17, 15) is 14.9 Å². The number of nitrogens with zero attached hydrogens (tertiary/aromatic N) is 1. The number of nitro groups is 1. The van der Waals surface area contributed by atoms with Gasteiger partial charge in [0.25, 0.3) is 0 Å². The largest absolute Gasteiger partial charge is 0.493 e. The molecule has 0 saturated heterocycles. The van der Waals surface area contributed by atoms with Crippen LogP contribution in [-0.4, -0.2) is 31.6 Å². The zero-order chi connectivity index (χ0) is 14.4. The maximum atomic E-state index is 11.1. The van der Waals surface area contributed by atoms with E-state index in [-0.39, 0.29) is 17.3 Å². The molecule has 0 aliphatic rings. The van der Waals surface area contributed by atoms with Gasteiger partial charge in [0.2, 0.25) is 11.7 Å². The van der Waals surface area contributed by atoms with Crippen LogP contribution in [-0.2, 0) is 11.2 Å². The molecule has 0 radical (unpaired) electrons. The van der Waals surface area contributed by atoms with Gasteiger partial charge >= 0.3 is 5.69 Å². The summed E-state index contributed by atoms with van der Waals surface area (Å²) >= 11 is 0. The summed E-state index contributed by atoms with van der Waals surface area (Å²) in [7, 11) is 2.76. The Balaban J connectivity index is 3.10. The minimum atomic E-state index is -0.509. The highest BCUT2D eigenvalue weighted by Gasteiger charge is 2.24. The normalized spacial score (nSPS) is 9.84. The van der Waals surface area contributed by atoms with Crippen molar-refractivity contribution < 1.29 is 19.2 Å². The quantitative estimate of drug-likeness (QED) is 0.620. The Kier molecular flexibility index (Phi) is 5.11. The van der Waals surface area contributed by atoms with E-state index < -0.39 is 4.92 Å². The van der Waals surface area contributed by atoms with Crippen molar-refractivity contribution in [3.8, 4) is 11.5 Å². The van der Waals surface area contributed by atoms with Crippen molar-refractivity contribution in [1.82, 2.24) is 5.32 Å². The number of carbonyl (C=O) groups excluding carboxylic acids is 1. The molecule has 0 aliphatic carbocycles. The topological polar surface area (TPSA) is 90.7 Å². The lowest BCUT2D eigenvalue weighted by Crippen LogP contribution is -2.22. The molecule has 19 heavy (non-hydrogen) atoms. The third-order valence-corrected chi connectivity index (χ3v) is 2.55. The molecule has 1 rings (SSSR count). The standard InChI is InChI=1S/C12H16N2O5/c1-8(15)13-7-6-9-4-5-10(18-2)12(19-3)11(9)14(16)17/h4-5H,6-7H2,1-3H3,(H,13,15). The molecule has 7 heteroatoms. The second kappa shape index (κ2) is 6.58. The van der Waals surface area contributed by atoms with E-state index in [0.717, 1.165) is 0 Å². The van der Waals surface area contributed by atoms with E-state index in [4.69, 9.17) is 9.47 Å². The van der Waals surface area contributed by atoms with Gasteiger partial charge in [-0.1, -0.05) is 0 Å². The van der Waals surface area contributed by atoms with Crippen molar-refractivity contribution in [2.45, 2.75) is 13.3 Å². The van der Waals surface area contributed by atoms with E-state index in [1.807, 2.05) is 0 Å². The molecule has 0 saturated carbocycles. The van der Waals surface area contributed by atoms with Gasteiger partial charge in [-0.05, 0) is 18.6 Å². The lowest BCUT2D eigenvalue weighted by Gasteiger charge is -2.11. The Bertz CT molecular complexity index is 487. The van der Waals surface area contributed by atoms with Crippen LogP contribution in [0.1, 0.15) is 12.5 Å². The Hall–Kier alpha value is -2.31. The van der Waals surface area contributed by atoms with Gasteiger partial charge in [0.15, 0.2) is 5.75 Å². The molecule has 0 bridgehead atoms. The first kappa shape index (κ1) is 14.7. The summed E-state index contributed by atoms with van der Waals surface area (Å²) in [5.74, 6) is 0.216. The third kappa shape index (κ3) is 3.57. The molecule has 0 unspecified atom stereocenters. The second-order valence-electron chi connectivity index (χ2n) is 3.80. The van der Waals surface area contributed by atoms with E-state index in [1.54, 1.807) is 12.1 Å². The zero-order valence-corrected chi connectivity index (χ0v) is 11.1. The van der Waals surface area contributed by atoms with Gasteiger partial charge in [-0.15, -0.1) is 0 Å². The minimum absolute atomic E-state index is 0.0906. The van der Waals surface area contributed by atoms with E-state index in [2.05, 4.69) is 5.32 Å². The van der Waals surface area contributed by atoms with Crippen LogP contribution in [0.15, 0.2) is 12.1 Å². The maximum absolute atomic E-state index is 11.1. The fourth-order valence-corrected chi connectivity index (χ4v) is 1.73. The highest BCUT2D eigenvalue weighted by Crippen LogP contribution is 2.39. The fourth-order valence-electron chi connectivity index (χ4n) is 1.73. The molecule has 1 aromatic carbocycles. The number of methoxy groups -OCH3 is 2. The predicted octanol–water partition coefficient (Wildman–Crippen LogP) is 1.29. The average Bonchev–Trinajstić information content (AvgIpc) is 2.37. The number of amides is 1. The maximum Gasteiger partial charge on any atom is 0.318 e. The summed E-state index contributed by atoms with van der Waals surface area (Å²) in [5.41, 5.74) is 0.351.